The van der Waals surface area contributed by atoms with Crippen molar-refractivity contribution < 1.29 is 19.1 Å². The number of benzene rings is 3. The van der Waals surface area contributed by atoms with Crippen molar-refractivity contribution in [3.05, 3.63) is 112 Å². The molecule has 0 saturated carbocycles. The van der Waals surface area contributed by atoms with Gasteiger partial charge in [0.1, 0.15) is 6.33 Å². The zero-order chi connectivity index (χ0) is 34.0. The number of nitrogens with one attached hydrogen (secondary N) is 4. The minimum atomic E-state index is -0.651. The predicted octanol–water partition coefficient (Wildman–Crippen LogP) is 5.47. The highest BCUT2D eigenvalue weighted by molar-refractivity contribution is 6.32. The Balaban J connectivity index is 1.43. The molecule has 48 heavy (non-hydrogen) atoms. The van der Waals surface area contributed by atoms with Crippen LogP contribution in [-0.4, -0.2) is 62.6 Å². The van der Waals surface area contributed by atoms with Crippen LogP contribution in [-0.2, 0) is 16.0 Å². The number of urea groups is 1. The molecule has 5 rings (SSSR count). The van der Waals surface area contributed by atoms with Crippen molar-refractivity contribution in [2.45, 2.75) is 12.5 Å². The summed E-state index contributed by atoms with van der Waals surface area (Å²) in [6.07, 6.45) is 4.15. The summed E-state index contributed by atoms with van der Waals surface area (Å²) in [5.41, 5.74) is 4.92. The first-order valence-corrected chi connectivity index (χ1v) is 15.1. The van der Waals surface area contributed by atoms with Crippen molar-refractivity contribution in [1.82, 2.24) is 41.0 Å². The number of nitrogens with zero attached hydrogens (tertiary/aromatic N) is 6. The molecular weight excluding hydrogens is 659 g/mol. The molecule has 0 bridgehead atoms. The van der Waals surface area contributed by atoms with E-state index in [0.29, 0.717) is 50.9 Å². The van der Waals surface area contributed by atoms with Gasteiger partial charge >= 0.3 is 12.1 Å². The molecular formula is C32H28Cl2N10O4. The van der Waals surface area contributed by atoms with Gasteiger partial charge in [-0.1, -0.05) is 47.5 Å². The van der Waals surface area contributed by atoms with Crippen LogP contribution in [0.4, 0.5) is 21.0 Å². The summed E-state index contributed by atoms with van der Waals surface area (Å²) >= 11 is 12.7. The van der Waals surface area contributed by atoms with Crippen LogP contribution in [0.1, 0.15) is 22.9 Å². The molecule has 0 unspecified atom stereocenters. The van der Waals surface area contributed by atoms with Gasteiger partial charge in [0.2, 0.25) is 5.91 Å². The molecule has 2 aromatic heterocycles. The number of carbonyl (C=O) groups is 3. The molecule has 3 aromatic carbocycles. The molecule has 0 aliphatic rings. The lowest BCUT2D eigenvalue weighted by Crippen LogP contribution is -2.29. The number of ether oxygens (including phenoxy) is 1. The lowest BCUT2D eigenvalue weighted by molar-refractivity contribution is -0.117. The maximum Gasteiger partial charge on any atom is 0.411 e. The molecule has 2 heterocycles. The van der Waals surface area contributed by atoms with Crippen molar-refractivity contribution in [3.63, 3.8) is 0 Å². The number of carbonyl (C=O) groups excluding carboxylic acids is 3. The Kier molecular flexibility index (Phi) is 10.9. The Labute approximate surface area is 284 Å². The van der Waals surface area contributed by atoms with E-state index in [9.17, 15) is 14.4 Å². The molecule has 16 heteroatoms. The van der Waals surface area contributed by atoms with Gasteiger partial charge in [-0.25, -0.2) is 9.59 Å². The van der Waals surface area contributed by atoms with Crippen molar-refractivity contribution >= 4 is 58.7 Å². The summed E-state index contributed by atoms with van der Waals surface area (Å²) in [4.78, 5) is 36.7. The van der Waals surface area contributed by atoms with Gasteiger partial charge < -0.3 is 20.7 Å². The number of hydrogen-bond acceptors (Lipinski definition) is 9. The molecule has 0 spiro atoms. The maximum atomic E-state index is 13.4. The van der Waals surface area contributed by atoms with Gasteiger partial charge in [0.25, 0.3) is 0 Å². The Morgan fingerprint density at radius 1 is 0.938 bits per heavy atom. The molecule has 0 radical (unpaired) electrons. The summed E-state index contributed by atoms with van der Waals surface area (Å²) in [6, 6.07) is 20.0. The summed E-state index contributed by atoms with van der Waals surface area (Å²) in [6.45, 7) is 0. The third-order valence-corrected chi connectivity index (χ3v) is 7.46. The van der Waals surface area contributed by atoms with Crippen LogP contribution < -0.4 is 21.3 Å². The molecule has 0 aliphatic heterocycles. The molecule has 4 N–H and O–H groups in total. The molecule has 4 amide bonds. The molecule has 0 fully saturated rings. The second-order valence-electron chi connectivity index (χ2n) is 10.1. The molecule has 244 valence electrons. The fourth-order valence-corrected chi connectivity index (χ4v) is 4.96. The van der Waals surface area contributed by atoms with Crippen molar-refractivity contribution in [2.24, 2.45) is 0 Å². The first-order valence-electron chi connectivity index (χ1n) is 14.3. The second-order valence-corrected chi connectivity index (χ2v) is 10.9. The number of rotatable bonds is 10. The van der Waals surface area contributed by atoms with Crippen LogP contribution in [0.3, 0.4) is 0 Å². The van der Waals surface area contributed by atoms with Crippen LogP contribution in [0.5, 0.6) is 0 Å². The Morgan fingerprint density at radius 2 is 1.67 bits per heavy atom. The summed E-state index contributed by atoms with van der Waals surface area (Å²) in [5.74, 6) is -0.419. The molecule has 14 nitrogen and oxygen atoms in total. The van der Waals surface area contributed by atoms with Gasteiger partial charge in [-0.2, -0.15) is 9.78 Å². The van der Waals surface area contributed by atoms with Crippen molar-refractivity contribution in [3.8, 4) is 16.8 Å². The van der Waals surface area contributed by atoms with E-state index >= 15 is 0 Å². The zero-order valence-electron chi connectivity index (χ0n) is 25.5. The second kappa shape index (κ2) is 15.6. The van der Waals surface area contributed by atoms with Gasteiger partial charge in [-0.15, -0.1) is 10.2 Å². The van der Waals surface area contributed by atoms with Crippen LogP contribution in [0, 0.1) is 0 Å². The van der Waals surface area contributed by atoms with E-state index in [1.807, 2.05) is 12.1 Å². The summed E-state index contributed by atoms with van der Waals surface area (Å²) in [7, 11) is 2.80. The number of aromatic nitrogens is 6. The number of methoxy groups -OCH3 is 1. The first-order chi connectivity index (χ1) is 23.2. The van der Waals surface area contributed by atoms with Crippen LogP contribution in [0.15, 0.2) is 85.2 Å². The molecule has 0 aliphatic carbocycles. The fourth-order valence-electron chi connectivity index (χ4n) is 4.57. The first kappa shape index (κ1) is 33.5. The summed E-state index contributed by atoms with van der Waals surface area (Å²) in [5, 5.41) is 31.2. The largest absolute Gasteiger partial charge is 0.453 e. The van der Waals surface area contributed by atoms with E-state index in [1.165, 1.54) is 31.2 Å². The van der Waals surface area contributed by atoms with E-state index in [-0.39, 0.29) is 11.2 Å². The highest BCUT2D eigenvalue weighted by Gasteiger charge is 2.20. The smallest absolute Gasteiger partial charge is 0.411 e. The average Bonchev–Trinajstić information content (AvgIpc) is 3.63. The van der Waals surface area contributed by atoms with E-state index in [1.54, 1.807) is 66.7 Å². The zero-order valence-corrected chi connectivity index (χ0v) is 27.0. The quantitative estimate of drug-likeness (QED) is 0.139. The normalized spacial score (nSPS) is 11.5. The van der Waals surface area contributed by atoms with Crippen molar-refractivity contribution in [1.29, 1.82) is 0 Å². The van der Waals surface area contributed by atoms with E-state index in [2.05, 4.69) is 51.7 Å². The van der Waals surface area contributed by atoms with Gasteiger partial charge in [0.15, 0.2) is 5.15 Å². The number of amides is 4. The van der Waals surface area contributed by atoms with Crippen LogP contribution in [0.25, 0.3) is 22.9 Å². The fraction of sp³-hybridized carbons (Fsp3) is 0.125. The van der Waals surface area contributed by atoms with Crippen LogP contribution >= 0.6 is 23.2 Å². The topological polar surface area (TPSA) is 178 Å². The summed E-state index contributed by atoms with van der Waals surface area (Å²) < 4.78 is 6.11. The van der Waals surface area contributed by atoms with E-state index in [4.69, 9.17) is 23.2 Å². The van der Waals surface area contributed by atoms with Gasteiger partial charge in [0.05, 0.1) is 24.5 Å². The van der Waals surface area contributed by atoms with E-state index in [0.717, 1.165) is 5.56 Å². The highest BCUT2D eigenvalue weighted by atomic mass is 35.5. The Hall–Kier alpha value is -5.86. The standard InChI is InChI=1S/C32H28Cl2N10O4/c1-35-31(46)37-23-9-3-19(4-10-23)15-26(39-29(45)14-7-21-16-22(33)8-13-28(21)44-18-36-42-43-44)27-17-25(30(34)41-40-27)20-5-11-24(12-6-20)38-32(47)48-2/h3-14,16-18,26H,15H2,1-2H3,(H,38,47)(H,39,45)(H2,35,37,46)/t26-/m0/s1. The average molecular weight is 688 g/mol. The minimum absolute atomic E-state index is 0.151. The van der Waals surface area contributed by atoms with Gasteiger partial charge in [-0.3, -0.25) is 10.1 Å². The number of halogens is 2. The van der Waals surface area contributed by atoms with Crippen LogP contribution in [0.2, 0.25) is 10.2 Å². The van der Waals surface area contributed by atoms with E-state index < -0.39 is 18.0 Å². The highest BCUT2D eigenvalue weighted by Crippen LogP contribution is 2.30. The molecule has 0 saturated heterocycles. The lowest BCUT2D eigenvalue weighted by Gasteiger charge is -2.19. The maximum absolute atomic E-state index is 13.4. The third-order valence-electron chi connectivity index (χ3n) is 6.95. The molecule has 1 atom stereocenters. The minimum Gasteiger partial charge on any atom is -0.453 e. The van der Waals surface area contributed by atoms with Gasteiger partial charge in [0, 0.05) is 40.6 Å². The monoisotopic (exact) mass is 686 g/mol. The third kappa shape index (κ3) is 8.69. The number of hydrogen-bond donors (Lipinski definition) is 4. The number of tetrazole rings is 1. The van der Waals surface area contributed by atoms with Gasteiger partial charge in [-0.05, 0) is 82.6 Å². The Morgan fingerprint density at radius 3 is 2.35 bits per heavy atom. The lowest BCUT2D eigenvalue weighted by atomic mass is 10.00. The number of anilines is 2. The Bertz CT molecular complexity index is 1940. The van der Waals surface area contributed by atoms with Crippen molar-refractivity contribution in [2.75, 3.05) is 24.8 Å². The predicted molar refractivity (Wildman–Crippen MR) is 181 cm³/mol. The molecule has 5 aromatic rings. The SMILES string of the molecule is CNC(=O)Nc1ccc(C[C@H](NC(=O)C=Cc2cc(Cl)ccc2-n2cnnn2)c2cc(-c3ccc(NC(=O)OC)cc3)c(Cl)nn2)cc1.